The van der Waals surface area contributed by atoms with Gasteiger partial charge in [-0.1, -0.05) is 31.4 Å². The standard InChI is InChI=1S/C23H28FNO2/c1-4-27-21-16(2)14-20(15-17(21)3)25-22(26)23(12-6-5-7-13-23)18-8-10-19(24)11-9-18/h8-11,14-15H,4-7,12-13H2,1-3H3,(H,25,26). The number of halogens is 1. The number of amides is 1. The summed E-state index contributed by atoms with van der Waals surface area (Å²) in [5, 5.41) is 3.13. The first-order valence-electron chi connectivity index (χ1n) is 9.78. The van der Waals surface area contributed by atoms with E-state index in [1.165, 1.54) is 12.1 Å². The van der Waals surface area contributed by atoms with Crippen molar-refractivity contribution in [2.75, 3.05) is 11.9 Å². The summed E-state index contributed by atoms with van der Waals surface area (Å²) in [6, 6.07) is 10.3. The minimum atomic E-state index is -0.591. The maximum atomic E-state index is 13.4. The Morgan fingerprint density at radius 2 is 1.67 bits per heavy atom. The molecule has 0 aromatic heterocycles. The lowest BCUT2D eigenvalue weighted by Crippen LogP contribution is -2.42. The lowest BCUT2D eigenvalue weighted by Gasteiger charge is -2.36. The van der Waals surface area contributed by atoms with E-state index >= 15 is 0 Å². The molecule has 0 spiro atoms. The number of hydrogen-bond donors (Lipinski definition) is 1. The minimum Gasteiger partial charge on any atom is -0.493 e. The van der Waals surface area contributed by atoms with Crippen LogP contribution in [0.4, 0.5) is 10.1 Å². The molecule has 0 radical (unpaired) electrons. The summed E-state index contributed by atoms with van der Waals surface area (Å²) < 4.78 is 19.1. The molecule has 0 aliphatic heterocycles. The molecule has 0 atom stereocenters. The van der Waals surface area contributed by atoms with Crippen LogP contribution in [0.2, 0.25) is 0 Å². The van der Waals surface area contributed by atoms with Crippen LogP contribution in [0.5, 0.6) is 5.75 Å². The molecule has 0 bridgehead atoms. The van der Waals surface area contributed by atoms with Gasteiger partial charge in [-0.3, -0.25) is 4.79 Å². The first-order valence-corrected chi connectivity index (χ1v) is 9.78. The average Bonchev–Trinajstić information content (AvgIpc) is 2.66. The van der Waals surface area contributed by atoms with Crippen LogP contribution in [0.3, 0.4) is 0 Å². The molecule has 1 fully saturated rings. The number of hydrogen-bond acceptors (Lipinski definition) is 2. The summed E-state index contributed by atoms with van der Waals surface area (Å²) in [6.07, 6.45) is 4.73. The highest BCUT2D eigenvalue weighted by molar-refractivity contribution is 5.99. The van der Waals surface area contributed by atoms with E-state index < -0.39 is 5.41 Å². The molecule has 1 amide bonds. The zero-order chi connectivity index (χ0) is 19.4. The van der Waals surface area contributed by atoms with Gasteiger partial charge in [-0.25, -0.2) is 4.39 Å². The fourth-order valence-corrected chi connectivity index (χ4v) is 4.22. The molecule has 0 heterocycles. The first-order chi connectivity index (χ1) is 13.0. The molecule has 1 aliphatic rings. The summed E-state index contributed by atoms with van der Waals surface area (Å²) in [5.41, 5.74) is 3.11. The van der Waals surface area contributed by atoms with Crippen molar-refractivity contribution in [2.24, 2.45) is 0 Å². The predicted molar refractivity (Wildman–Crippen MR) is 107 cm³/mol. The topological polar surface area (TPSA) is 38.3 Å². The van der Waals surface area contributed by atoms with E-state index in [9.17, 15) is 9.18 Å². The molecule has 1 N–H and O–H groups in total. The predicted octanol–water partition coefficient (Wildman–Crippen LogP) is 5.68. The lowest BCUT2D eigenvalue weighted by atomic mass is 9.68. The first kappa shape index (κ1) is 19.4. The minimum absolute atomic E-state index is 0.00299. The van der Waals surface area contributed by atoms with Crippen LogP contribution in [0, 0.1) is 19.7 Å². The van der Waals surface area contributed by atoms with E-state index in [-0.39, 0.29) is 11.7 Å². The van der Waals surface area contributed by atoms with E-state index in [1.54, 1.807) is 12.1 Å². The molecule has 2 aromatic carbocycles. The molecule has 1 saturated carbocycles. The third-order valence-electron chi connectivity index (χ3n) is 5.55. The van der Waals surface area contributed by atoms with Gasteiger partial charge in [-0.05, 0) is 74.6 Å². The number of rotatable bonds is 5. The second-order valence-corrected chi connectivity index (χ2v) is 7.48. The van der Waals surface area contributed by atoms with Crippen LogP contribution >= 0.6 is 0 Å². The lowest BCUT2D eigenvalue weighted by molar-refractivity contribution is -0.122. The van der Waals surface area contributed by atoms with Crippen molar-refractivity contribution in [2.45, 2.75) is 58.3 Å². The fourth-order valence-electron chi connectivity index (χ4n) is 4.22. The van der Waals surface area contributed by atoms with Gasteiger partial charge in [-0.15, -0.1) is 0 Å². The Morgan fingerprint density at radius 1 is 1.07 bits per heavy atom. The summed E-state index contributed by atoms with van der Waals surface area (Å²) >= 11 is 0. The van der Waals surface area contributed by atoms with Crippen LogP contribution in [-0.4, -0.2) is 12.5 Å². The Balaban J connectivity index is 1.90. The molecule has 4 heteroatoms. The fraction of sp³-hybridized carbons (Fsp3) is 0.435. The quantitative estimate of drug-likeness (QED) is 0.736. The van der Waals surface area contributed by atoms with Crippen molar-refractivity contribution in [3.05, 3.63) is 58.9 Å². The second-order valence-electron chi connectivity index (χ2n) is 7.48. The van der Waals surface area contributed by atoms with E-state index in [0.717, 1.165) is 60.2 Å². The van der Waals surface area contributed by atoms with E-state index in [2.05, 4.69) is 5.32 Å². The summed E-state index contributed by atoms with van der Waals surface area (Å²) in [4.78, 5) is 13.4. The van der Waals surface area contributed by atoms with Crippen molar-refractivity contribution in [1.29, 1.82) is 0 Å². The van der Waals surface area contributed by atoms with Crippen LogP contribution in [0.15, 0.2) is 36.4 Å². The molecule has 3 rings (SSSR count). The molecule has 27 heavy (non-hydrogen) atoms. The average molecular weight is 369 g/mol. The Bertz CT molecular complexity index is 785. The highest BCUT2D eigenvalue weighted by Gasteiger charge is 2.41. The Kier molecular flexibility index (Phi) is 5.83. The number of aryl methyl sites for hydroxylation is 2. The maximum absolute atomic E-state index is 13.4. The van der Waals surface area contributed by atoms with Crippen LogP contribution < -0.4 is 10.1 Å². The number of ether oxygens (including phenoxy) is 1. The normalized spacial score (nSPS) is 16.0. The van der Waals surface area contributed by atoms with E-state index in [1.807, 2.05) is 32.9 Å². The molecule has 0 saturated heterocycles. The monoisotopic (exact) mass is 369 g/mol. The number of anilines is 1. The van der Waals surface area contributed by atoms with Gasteiger partial charge < -0.3 is 10.1 Å². The molecule has 2 aromatic rings. The van der Waals surface area contributed by atoms with Crippen LogP contribution in [-0.2, 0) is 10.2 Å². The number of benzene rings is 2. The zero-order valence-electron chi connectivity index (χ0n) is 16.4. The third kappa shape index (κ3) is 4.00. The van der Waals surface area contributed by atoms with Gasteiger partial charge in [0.1, 0.15) is 11.6 Å². The van der Waals surface area contributed by atoms with Gasteiger partial charge in [0.15, 0.2) is 0 Å². The van der Waals surface area contributed by atoms with E-state index in [0.29, 0.717) is 6.61 Å². The summed E-state index contributed by atoms with van der Waals surface area (Å²) in [7, 11) is 0. The van der Waals surface area contributed by atoms with Crippen LogP contribution in [0.25, 0.3) is 0 Å². The van der Waals surface area contributed by atoms with Gasteiger partial charge >= 0.3 is 0 Å². The van der Waals surface area contributed by atoms with Gasteiger partial charge in [0.05, 0.1) is 12.0 Å². The highest BCUT2D eigenvalue weighted by atomic mass is 19.1. The van der Waals surface area contributed by atoms with Crippen molar-refractivity contribution < 1.29 is 13.9 Å². The largest absolute Gasteiger partial charge is 0.493 e. The molecule has 3 nitrogen and oxygen atoms in total. The van der Waals surface area contributed by atoms with Crippen LogP contribution in [0.1, 0.15) is 55.7 Å². The molecule has 0 unspecified atom stereocenters. The number of carbonyl (C=O) groups excluding carboxylic acids is 1. The number of nitrogens with one attached hydrogen (secondary N) is 1. The Hall–Kier alpha value is -2.36. The summed E-state index contributed by atoms with van der Waals surface area (Å²) in [5.74, 6) is 0.598. The zero-order valence-corrected chi connectivity index (χ0v) is 16.4. The Morgan fingerprint density at radius 3 is 2.22 bits per heavy atom. The SMILES string of the molecule is CCOc1c(C)cc(NC(=O)C2(c3ccc(F)cc3)CCCCC2)cc1C. The molecular formula is C23H28FNO2. The number of carbonyl (C=O) groups is 1. The van der Waals surface area contributed by atoms with Gasteiger partial charge in [0.2, 0.25) is 5.91 Å². The smallest absolute Gasteiger partial charge is 0.235 e. The molecule has 1 aliphatic carbocycles. The van der Waals surface area contributed by atoms with Crippen molar-refractivity contribution in [3.63, 3.8) is 0 Å². The van der Waals surface area contributed by atoms with E-state index in [4.69, 9.17) is 4.74 Å². The Labute approximate surface area is 160 Å². The van der Waals surface area contributed by atoms with Gasteiger partial charge in [-0.2, -0.15) is 0 Å². The van der Waals surface area contributed by atoms with Gasteiger partial charge in [0, 0.05) is 5.69 Å². The van der Waals surface area contributed by atoms with Gasteiger partial charge in [0.25, 0.3) is 0 Å². The van der Waals surface area contributed by atoms with Crippen molar-refractivity contribution in [1.82, 2.24) is 0 Å². The highest BCUT2D eigenvalue weighted by Crippen LogP contribution is 2.41. The third-order valence-corrected chi connectivity index (χ3v) is 5.55. The second kappa shape index (κ2) is 8.12. The van der Waals surface area contributed by atoms with Crippen molar-refractivity contribution in [3.8, 4) is 5.75 Å². The molecule has 144 valence electrons. The summed E-state index contributed by atoms with van der Waals surface area (Å²) in [6.45, 7) is 6.55. The maximum Gasteiger partial charge on any atom is 0.235 e. The van der Waals surface area contributed by atoms with Crippen molar-refractivity contribution >= 4 is 11.6 Å². The molecular weight excluding hydrogens is 341 g/mol.